The van der Waals surface area contributed by atoms with E-state index >= 15 is 0 Å². The Balaban J connectivity index is 0.00000182. The van der Waals surface area contributed by atoms with E-state index in [9.17, 15) is 0 Å². The van der Waals surface area contributed by atoms with Gasteiger partial charge in [-0.2, -0.15) is 0 Å². The van der Waals surface area contributed by atoms with Gasteiger partial charge in [0.05, 0.1) is 6.04 Å². The first kappa shape index (κ1) is 18.7. The molecule has 2 atom stereocenters. The van der Waals surface area contributed by atoms with E-state index in [0.29, 0.717) is 17.9 Å². The van der Waals surface area contributed by atoms with Crippen molar-refractivity contribution in [3.05, 3.63) is 46.4 Å². The number of rotatable bonds is 3. The average molecular weight is 490 g/mol. The lowest BCUT2D eigenvalue weighted by Crippen LogP contribution is -2.51. The van der Waals surface area contributed by atoms with E-state index in [1.165, 1.54) is 5.56 Å². The molecule has 0 spiro atoms. The minimum atomic E-state index is 0. The highest BCUT2D eigenvalue weighted by Gasteiger charge is 2.39. The van der Waals surface area contributed by atoms with Crippen molar-refractivity contribution >= 4 is 58.0 Å². The zero-order chi connectivity index (χ0) is 16.5. The van der Waals surface area contributed by atoms with Crippen molar-refractivity contribution in [1.29, 1.82) is 0 Å². The normalized spacial score (nSPS) is 23.3. The van der Waals surface area contributed by atoms with Gasteiger partial charge >= 0.3 is 0 Å². The smallest absolute Gasteiger partial charge is 0.191 e. The third-order valence-electron chi connectivity index (χ3n) is 4.63. The number of benzene rings is 1. The van der Waals surface area contributed by atoms with Crippen molar-refractivity contribution in [1.82, 2.24) is 9.88 Å². The van der Waals surface area contributed by atoms with Crippen molar-refractivity contribution in [2.45, 2.75) is 18.4 Å². The topological polar surface area (TPSA) is 57.8 Å². The van der Waals surface area contributed by atoms with Crippen LogP contribution in [0.2, 0.25) is 5.02 Å². The number of piperazine rings is 1. The number of halogens is 2. The highest BCUT2D eigenvalue weighted by molar-refractivity contribution is 14.0. The molecule has 2 unspecified atom stereocenters. The van der Waals surface area contributed by atoms with Gasteiger partial charge in [-0.25, -0.2) is 9.98 Å². The van der Waals surface area contributed by atoms with Crippen LogP contribution in [0.4, 0.5) is 5.13 Å². The number of guanidine groups is 1. The Hall–Kier alpha value is -1.06. The maximum Gasteiger partial charge on any atom is 0.191 e. The molecule has 2 aromatic rings. The lowest BCUT2D eigenvalue weighted by atomic mass is 10.1. The number of thiazole rings is 1. The summed E-state index contributed by atoms with van der Waals surface area (Å²) < 4.78 is 0. The number of aromatic nitrogens is 1. The molecule has 2 fully saturated rings. The zero-order valence-electron chi connectivity index (χ0n) is 13.7. The van der Waals surface area contributed by atoms with Gasteiger partial charge in [-0.05, 0) is 24.1 Å². The number of hydrogen-bond donors (Lipinski definition) is 1. The van der Waals surface area contributed by atoms with Gasteiger partial charge in [0.2, 0.25) is 0 Å². The van der Waals surface area contributed by atoms with Gasteiger partial charge in [0.25, 0.3) is 0 Å². The molecule has 8 heteroatoms. The molecule has 1 saturated heterocycles. The minimum Gasteiger partial charge on any atom is -0.370 e. The van der Waals surface area contributed by atoms with Crippen LogP contribution in [0.1, 0.15) is 17.9 Å². The second-order valence-corrected chi connectivity index (χ2v) is 7.55. The lowest BCUT2D eigenvalue weighted by Gasteiger charge is -2.35. The first-order valence-corrected chi connectivity index (χ1v) is 9.44. The number of hydrogen-bond acceptors (Lipinski definition) is 4. The first-order valence-electron chi connectivity index (χ1n) is 8.19. The Bertz CT molecular complexity index is 730. The molecule has 1 aliphatic carbocycles. The Kier molecular flexibility index (Phi) is 6.06. The second kappa shape index (κ2) is 8.09. The van der Waals surface area contributed by atoms with Crippen molar-refractivity contribution < 1.29 is 0 Å². The predicted octanol–water partition coefficient (Wildman–Crippen LogP) is 3.41. The van der Waals surface area contributed by atoms with Gasteiger partial charge in [0.15, 0.2) is 11.1 Å². The maximum atomic E-state index is 6.24. The molecule has 1 aliphatic heterocycles. The van der Waals surface area contributed by atoms with Gasteiger partial charge in [0, 0.05) is 48.7 Å². The third-order valence-corrected chi connectivity index (χ3v) is 5.69. The van der Waals surface area contributed by atoms with Crippen LogP contribution in [0.15, 0.2) is 40.8 Å². The van der Waals surface area contributed by atoms with Gasteiger partial charge in [0.1, 0.15) is 0 Å². The minimum absolute atomic E-state index is 0. The summed E-state index contributed by atoms with van der Waals surface area (Å²) in [7, 11) is 0. The van der Waals surface area contributed by atoms with Crippen LogP contribution in [-0.4, -0.2) is 48.1 Å². The highest BCUT2D eigenvalue weighted by atomic mass is 127. The van der Waals surface area contributed by atoms with E-state index < -0.39 is 0 Å². The molecule has 1 aromatic heterocycles. The molecule has 4 rings (SSSR count). The largest absolute Gasteiger partial charge is 0.370 e. The van der Waals surface area contributed by atoms with Gasteiger partial charge in [-0.15, -0.1) is 35.3 Å². The van der Waals surface area contributed by atoms with Crippen LogP contribution in [0, 0.1) is 0 Å². The molecule has 0 bridgehead atoms. The molecule has 1 saturated carbocycles. The standard InChI is InChI=1S/C17H20ClN5S.HI/c18-13-3-1-2-12(10-13)14-11-15(14)21-16(19)22-5-7-23(8-6-22)17-20-4-9-24-17;/h1-4,9-10,14-15H,5-8,11H2,(H2,19,21);1H. The molecule has 25 heavy (non-hydrogen) atoms. The summed E-state index contributed by atoms with van der Waals surface area (Å²) in [5.74, 6) is 1.13. The maximum absolute atomic E-state index is 6.24. The fourth-order valence-electron chi connectivity index (χ4n) is 3.17. The Labute approximate surface area is 173 Å². The van der Waals surface area contributed by atoms with Crippen molar-refractivity contribution in [2.24, 2.45) is 10.7 Å². The summed E-state index contributed by atoms with van der Waals surface area (Å²) in [5.41, 5.74) is 7.50. The molecule has 2 aliphatic rings. The van der Waals surface area contributed by atoms with E-state index in [4.69, 9.17) is 22.3 Å². The van der Waals surface area contributed by atoms with Crippen LogP contribution in [0.5, 0.6) is 0 Å². The molecular formula is C17H21ClIN5S. The van der Waals surface area contributed by atoms with Crippen LogP contribution in [0.3, 0.4) is 0 Å². The Morgan fingerprint density at radius 1 is 1.28 bits per heavy atom. The van der Waals surface area contributed by atoms with E-state index in [1.54, 1.807) is 11.3 Å². The first-order chi connectivity index (χ1) is 11.7. The predicted molar refractivity (Wildman–Crippen MR) is 116 cm³/mol. The van der Waals surface area contributed by atoms with Crippen molar-refractivity contribution in [2.75, 3.05) is 31.1 Å². The Morgan fingerprint density at radius 2 is 2.08 bits per heavy atom. The van der Waals surface area contributed by atoms with E-state index in [-0.39, 0.29) is 24.0 Å². The molecular weight excluding hydrogens is 469 g/mol. The third kappa shape index (κ3) is 4.38. The molecule has 2 N–H and O–H groups in total. The summed E-state index contributed by atoms with van der Waals surface area (Å²) in [6.07, 6.45) is 2.91. The number of nitrogens with two attached hydrogens (primary N) is 1. The molecule has 0 radical (unpaired) electrons. The number of anilines is 1. The number of aliphatic imine (C=N–C) groups is 1. The quantitative estimate of drug-likeness (QED) is 0.408. The Morgan fingerprint density at radius 3 is 2.76 bits per heavy atom. The van der Waals surface area contributed by atoms with Crippen molar-refractivity contribution in [3.63, 3.8) is 0 Å². The van der Waals surface area contributed by atoms with Crippen molar-refractivity contribution in [3.8, 4) is 0 Å². The summed E-state index contributed by atoms with van der Waals surface area (Å²) >= 11 is 7.75. The second-order valence-electron chi connectivity index (χ2n) is 6.24. The summed E-state index contributed by atoms with van der Waals surface area (Å²) in [6, 6.07) is 8.35. The molecule has 0 amide bonds. The highest BCUT2D eigenvalue weighted by Crippen LogP contribution is 2.44. The number of nitrogens with zero attached hydrogens (tertiary/aromatic N) is 4. The summed E-state index contributed by atoms with van der Waals surface area (Å²) in [4.78, 5) is 13.6. The monoisotopic (exact) mass is 489 g/mol. The van der Waals surface area contributed by atoms with Crippen LogP contribution in [0.25, 0.3) is 0 Å². The molecule has 2 heterocycles. The van der Waals surface area contributed by atoms with Crippen LogP contribution in [-0.2, 0) is 0 Å². The fraction of sp³-hybridized carbons (Fsp3) is 0.412. The zero-order valence-corrected chi connectivity index (χ0v) is 17.6. The van der Waals surface area contributed by atoms with E-state index in [2.05, 4.69) is 20.9 Å². The van der Waals surface area contributed by atoms with Gasteiger partial charge in [-0.3, -0.25) is 0 Å². The summed E-state index contributed by atoms with van der Waals surface area (Å²) in [5, 5.41) is 3.89. The summed E-state index contributed by atoms with van der Waals surface area (Å²) in [6.45, 7) is 3.66. The fourth-order valence-corrected chi connectivity index (χ4v) is 4.07. The SMILES string of the molecule is I.NC(=NC1CC1c1cccc(Cl)c1)N1CCN(c2nccs2)CC1. The molecule has 1 aromatic carbocycles. The van der Waals surface area contributed by atoms with Gasteiger partial charge < -0.3 is 15.5 Å². The molecule has 134 valence electrons. The van der Waals surface area contributed by atoms with Gasteiger partial charge in [-0.1, -0.05) is 23.7 Å². The van der Waals surface area contributed by atoms with E-state index in [0.717, 1.165) is 42.8 Å². The van der Waals surface area contributed by atoms with Crippen LogP contribution < -0.4 is 10.6 Å². The molecule has 5 nitrogen and oxygen atoms in total. The average Bonchev–Trinajstić information content (AvgIpc) is 3.14. The van der Waals surface area contributed by atoms with Crippen LogP contribution >= 0.6 is 46.9 Å². The lowest BCUT2D eigenvalue weighted by molar-refractivity contribution is 0.380. The van der Waals surface area contributed by atoms with E-state index in [1.807, 2.05) is 29.8 Å².